The van der Waals surface area contributed by atoms with E-state index in [4.69, 9.17) is 11.6 Å². The average molecular weight is 416 g/mol. The molecule has 0 unspecified atom stereocenters. The fourth-order valence-corrected chi connectivity index (χ4v) is 3.23. The van der Waals surface area contributed by atoms with E-state index in [1.807, 2.05) is 0 Å². The third-order valence-electron chi connectivity index (χ3n) is 3.79. The molecule has 0 aliphatic carbocycles. The second kappa shape index (κ2) is 8.77. The third kappa shape index (κ3) is 5.03. The molecule has 0 aliphatic rings. The number of benzene rings is 2. The highest BCUT2D eigenvalue weighted by atomic mass is 35.5. The number of anilines is 1. The van der Waals surface area contributed by atoms with Gasteiger partial charge in [-0.1, -0.05) is 23.7 Å². The quantitative estimate of drug-likeness (QED) is 0.457. The van der Waals surface area contributed by atoms with Crippen LogP contribution in [0.2, 0.25) is 4.34 Å². The largest absolute Gasteiger partial charge is 0.321 e. The van der Waals surface area contributed by atoms with Crippen LogP contribution in [0.1, 0.15) is 32.5 Å². The number of hydrogen-bond acceptors (Lipinski definition) is 4. The lowest BCUT2D eigenvalue weighted by atomic mass is 10.1. The highest BCUT2D eigenvalue weighted by molar-refractivity contribution is 7.18. The highest BCUT2D eigenvalue weighted by Gasteiger charge is 2.09. The predicted molar refractivity (Wildman–Crippen MR) is 110 cm³/mol. The summed E-state index contributed by atoms with van der Waals surface area (Å²) in [5.74, 6) is -1.08. The number of nitrogens with zero attached hydrogens (tertiary/aromatic N) is 1. The summed E-state index contributed by atoms with van der Waals surface area (Å²) in [6.45, 7) is 1.74. The lowest BCUT2D eigenvalue weighted by Crippen LogP contribution is -2.19. The van der Waals surface area contributed by atoms with E-state index < -0.39 is 11.7 Å². The van der Waals surface area contributed by atoms with Gasteiger partial charge in [0.05, 0.1) is 14.9 Å². The van der Waals surface area contributed by atoms with Gasteiger partial charge in [-0.25, -0.2) is 9.82 Å². The van der Waals surface area contributed by atoms with E-state index in [1.165, 1.54) is 35.6 Å². The molecule has 0 aliphatic heterocycles. The molecule has 142 valence electrons. The van der Waals surface area contributed by atoms with Gasteiger partial charge in [0.25, 0.3) is 11.8 Å². The van der Waals surface area contributed by atoms with Crippen molar-refractivity contribution in [3.8, 4) is 0 Å². The van der Waals surface area contributed by atoms with Gasteiger partial charge in [-0.3, -0.25) is 9.59 Å². The van der Waals surface area contributed by atoms with Crippen molar-refractivity contribution in [2.24, 2.45) is 5.10 Å². The number of hydrazone groups is 1. The fourth-order valence-electron chi connectivity index (χ4n) is 2.29. The monoisotopic (exact) mass is 415 g/mol. The van der Waals surface area contributed by atoms with Gasteiger partial charge in [-0.05, 0) is 61.0 Å². The molecule has 3 rings (SSSR count). The minimum Gasteiger partial charge on any atom is -0.321 e. The van der Waals surface area contributed by atoms with E-state index in [0.717, 1.165) is 5.56 Å². The lowest BCUT2D eigenvalue weighted by Gasteiger charge is -2.06. The topological polar surface area (TPSA) is 70.6 Å². The number of rotatable bonds is 5. The Bertz CT molecular complexity index is 1030. The summed E-state index contributed by atoms with van der Waals surface area (Å²) in [5.41, 5.74) is 4.73. The third-order valence-corrected chi connectivity index (χ3v) is 5.02. The molecule has 28 heavy (non-hydrogen) atoms. The number of amides is 2. The number of nitrogens with one attached hydrogen (secondary N) is 2. The Morgan fingerprint density at radius 1 is 0.929 bits per heavy atom. The summed E-state index contributed by atoms with van der Waals surface area (Å²) in [6.07, 6.45) is 0. The maximum absolute atomic E-state index is 12.9. The number of carbonyl (C=O) groups is 2. The van der Waals surface area contributed by atoms with Crippen LogP contribution in [-0.2, 0) is 0 Å². The summed E-state index contributed by atoms with van der Waals surface area (Å²) in [6, 6.07) is 15.6. The van der Waals surface area contributed by atoms with Crippen molar-refractivity contribution in [3.63, 3.8) is 0 Å². The minimum atomic E-state index is -0.433. The molecular formula is C20H15ClFN3O2S. The highest BCUT2D eigenvalue weighted by Crippen LogP contribution is 2.22. The van der Waals surface area contributed by atoms with Gasteiger partial charge in [0, 0.05) is 11.3 Å². The van der Waals surface area contributed by atoms with Crippen LogP contribution < -0.4 is 10.7 Å². The number of carbonyl (C=O) groups excluding carboxylic acids is 2. The standard InChI is InChI=1S/C20H15ClFN3O2S/c1-12(24-25-19(26)14-2-6-15(22)7-3-14)13-4-8-16(9-5-13)23-20(27)17-10-11-18(21)28-17/h2-11H,1H3,(H,23,27)(H,25,26)/b24-12+. The Morgan fingerprint density at radius 2 is 1.57 bits per heavy atom. The molecule has 2 aromatic carbocycles. The van der Waals surface area contributed by atoms with E-state index in [-0.39, 0.29) is 5.91 Å². The fraction of sp³-hybridized carbons (Fsp3) is 0.0500. The molecule has 0 bridgehead atoms. The van der Waals surface area contributed by atoms with E-state index >= 15 is 0 Å². The summed E-state index contributed by atoms with van der Waals surface area (Å²) in [4.78, 5) is 24.7. The van der Waals surface area contributed by atoms with Crippen molar-refractivity contribution in [3.05, 3.63) is 86.8 Å². The smallest absolute Gasteiger partial charge is 0.271 e. The molecule has 0 fully saturated rings. The van der Waals surface area contributed by atoms with Crippen molar-refractivity contribution in [1.82, 2.24) is 5.43 Å². The van der Waals surface area contributed by atoms with Crippen LogP contribution in [0.5, 0.6) is 0 Å². The summed E-state index contributed by atoms with van der Waals surface area (Å²) in [5, 5.41) is 6.84. The average Bonchev–Trinajstić information content (AvgIpc) is 3.13. The Hall–Kier alpha value is -3.03. The molecule has 2 N–H and O–H groups in total. The molecule has 8 heteroatoms. The van der Waals surface area contributed by atoms with Gasteiger partial charge in [0.1, 0.15) is 5.82 Å². The van der Waals surface area contributed by atoms with Crippen LogP contribution >= 0.6 is 22.9 Å². The van der Waals surface area contributed by atoms with E-state index in [2.05, 4.69) is 15.8 Å². The van der Waals surface area contributed by atoms with Gasteiger partial charge >= 0.3 is 0 Å². The second-order valence-corrected chi connectivity index (χ2v) is 7.50. The predicted octanol–water partition coefficient (Wildman–Crippen LogP) is 4.95. The van der Waals surface area contributed by atoms with Gasteiger partial charge in [-0.2, -0.15) is 5.10 Å². The molecule has 1 aromatic heterocycles. The van der Waals surface area contributed by atoms with Crippen LogP contribution in [0.4, 0.5) is 10.1 Å². The zero-order valence-electron chi connectivity index (χ0n) is 14.7. The zero-order chi connectivity index (χ0) is 20.1. The lowest BCUT2D eigenvalue weighted by molar-refractivity contribution is 0.0954. The van der Waals surface area contributed by atoms with Crippen molar-refractivity contribution in [1.29, 1.82) is 0 Å². The van der Waals surface area contributed by atoms with Crippen molar-refractivity contribution < 1.29 is 14.0 Å². The van der Waals surface area contributed by atoms with Crippen LogP contribution in [0.3, 0.4) is 0 Å². The molecule has 0 atom stereocenters. The first-order chi connectivity index (χ1) is 13.4. The van der Waals surface area contributed by atoms with Crippen LogP contribution in [0, 0.1) is 5.82 Å². The summed E-state index contributed by atoms with van der Waals surface area (Å²) < 4.78 is 13.5. The molecule has 5 nitrogen and oxygen atoms in total. The second-order valence-electron chi connectivity index (χ2n) is 5.78. The molecule has 0 saturated carbocycles. The van der Waals surface area contributed by atoms with Crippen molar-refractivity contribution in [2.75, 3.05) is 5.32 Å². The molecule has 0 radical (unpaired) electrons. The summed E-state index contributed by atoms with van der Waals surface area (Å²) >= 11 is 7.04. The normalized spacial score (nSPS) is 11.2. The zero-order valence-corrected chi connectivity index (χ0v) is 16.3. The number of thiophene rings is 1. The Labute approximate surface area is 169 Å². The van der Waals surface area contributed by atoms with Gasteiger partial charge in [0.2, 0.25) is 0 Å². The van der Waals surface area contributed by atoms with E-state index in [1.54, 1.807) is 43.3 Å². The maximum atomic E-state index is 12.9. The summed E-state index contributed by atoms with van der Waals surface area (Å²) in [7, 11) is 0. The maximum Gasteiger partial charge on any atom is 0.271 e. The van der Waals surface area contributed by atoms with Crippen molar-refractivity contribution >= 4 is 46.2 Å². The van der Waals surface area contributed by atoms with E-state index in [9.17, 15) is 14.0 Å². The molecular weight excluding hydrogens is 401 g/mol. The SMILES string of the molecule is C/C(=N\NC(=O)c1ccc(F)cc1)c1ccc(NC(=O)c2ccc(Cl)s2)cc1. The Kier molecular flexibility index (Phi) is 6.18. The van der Waals surface area contributed by atoms with Gasteiger partial charge in [0.15, 0.2) is 0 Å². The van der Waals surface area contributed by atoms with E-state index in [0.29, 0.717) is 26.2 Å². The molecule has 1 heterocycles. The Morgan fingerprint density at radius 3 is 2.18 bits per heavy atom. The van der Waals surface area contributed by atoms with Crippen LogP contribution in [0.15, 0.2) is 65.8 Å². The molecule has 0 saturated heterocycles. The molecule has 2 amide bonds. The van der Waals surface area contributed by atoms with Crippen LogP contribution in [-0.4, -0.2) is 17.5 Å². The first-order valence-corrected chi connectivity index (χ1v) is 9.39. The first kappa shape index (κ1) is 19.7. The van der Waals surface area contributed by atoms with Crippen LogP contribution in [0.25, 0.3) is 0 Å². The number of hydrogen-bond donors (Lipinski definition) is 2. The van der Waals surface area contributed by atoms with Gasteiger partial charge < -0.3 is 5.32 Å². The van der Waals surface area contributed by atoms with Gasteiger partial charge in [-0.15, -0.1) is 11.3 Å². The minimum absolute atomic E-state index is 0.235. The first-order valence-electron chi connectivity index (χ1n) is 8.20. The number of halogens is 2. The van der Waals surface area contributed by atoms with Crippen molar-refractivity contribution in [2.45, 2.75) is 6.92 Å². The molecule has 3 aromatic rings. The Balaban J connectivity index is 1.61. The molecule has 0 spiro atoms.